The van der Waals surface area contributed by atoms with Crippen molar-refractivity contribution in [2.75, 3.05) is 7.11 Å². The predicted octanol–water partition coefficient (Wildman–Crippen LogP) is 3.79. The van der Waals surface area contributed by atoms with Crippen LogP contribution in [0, 0.1) is 13.8 Å². The number of ether oxygens (including phenoxy) is 1. The monoisotopic (exact) mass is 240 g/mol. The van der Waals surface area contributed by atoms with Crippen LogP contribution < -0.4 is 4.74 Å². The average Bonchev–Trinajstić information content (AvgIpc) is 2.41. The van der Waals surface area contributed by atoms with Crippen LogP contribution in [-0.2, 0) is 0 Å². The van der Waals surface area contributed by atoms with Gasteiger partial charge in [0.2, 0.25) is 0 Å². The summed E-state index contributed by atoms with van der Waals surface area (Å²) in [5.41, 5.74) is 5.16. The van der Waals surface area contributed by atoms with Gasteiger partial charge in [-0.05, 0) is 48.7 Å². The highest BCUT2D eigenvalue weighted by molar-refractivity contribution is 5.81. The molecular weight excluding hydrogens is 224 g/mol. The minimum absolute atomic E-state index is 0.657. The normalized spacial score (nSPS) is 10.2. The van der Waals surface area contributed by atoms with E-state index in [9.17, 15) is 4.79 Å². The Balaban J connectivity index is 2.60. The second kappa shape index (κ2) is 5.05. The van der Waals surface area contributed by atoms with Crippen LogP contribution in [0.25, 0.3) is 11.1 Å². The zero-order chi connectivity index (χ0) is 13.1. The van der Waals surface area contributed by atoms with E-state index in [1.807, 2.05) is 12.1 Å². The Morgan fingerprint density at radius 1 is 1.00 bits per heavy atom. The molecule has 0 spiro atoms. The van der Waals surface area contributed by atoms with Crippen LogP contribution in [-0.4, -0.2) is 13.4 Å². The first kappa shape index (κ1) is 12.4. The number of hydrogen-bond donors (Lipinski definition) is 0. The molecule has 0 aromatic heterocycles. The summed E-state index contributed by atoms with van der Waals surface area (Å²) >= 11 is 0. The largest absolute Gasteiger partial charge is 0.496 e. The van der Waals surface area contributed by atoms with Gasteiger partial charge in [0.25, 0.3) is 0 Å². The van der Waals surface area contributed by atoms with Crippen molar-refractivity contribution in [3.63, 3.8) is 0 Å². The van der Waals surface area contributed by atoms with Crippen LogP contribution in [0.5, 0.6) is 5.75 Å². The third kappa shape index (κ3) is 2.28. The van der Waals surface area contributed by atoms with Crippen molar-refractivity contribution >= 4 is 6.29 Å². The highest BCUT2D eigenvalue weighted by Gasteiger charge is 2.07. The van der Waals surface area contributed by atoms with E-state index in [0.717, 1.165) is 23.2 Å². The molecule has 0 aliphatic carbocycles. The first-order valence-electron chi connectivity index (χ1n) is 5.86. The van der Waals surface area contributed by atoms with Crippen LogP contribution in [0.2, 0.25) is 0 Å². The van der Waals surface area contributed by atoms with Gasteiger partial charge in [-0.2, -0.15) is 0 Å². The fourth-order valence-electron chi connectivity index (χ4n) is 1.93. The number of methoxy groups -OCH3 is 1. The Hall–Kier alpha value is -2.09. The van der Waals surface area contributed by atoms with Gasteiger partial charge in [-0.15, -0.1) is 0 Å². The molecule has 0 aliphatic rings. The smallest absolute Gasteiger partial charge is 0.150 e. The van der Waals surface area contributed by atoms with E-state index in [1.165, 1.54) is 11.1 Å². The molecule has 2 aromatic rings. The van der Waals surface area contributed by atoms with Gasteiger partial charge in [0, 0.05) is 11.1 Å². The minimum atomic E-state index is 0.657. The molecule has 0 amide bonds. The number of carbonyl (C=O) groups excluding carboxylic acids is 1. The minimum Gasteiger partial charge on any atom is -0.496 e. The summed E-state index contributed by atoms with van der Waals surface area (Å²) in [7, 11) is 1.64. The molecular formula is C16H16O2. The summed E-state index contributed by atoms with van der Waals surface area (Å²) in [5, 5.41) is 0. The number of hydrogen-bond acceptors (Lipinski definition) is 2. The molecule has 2 aromatic carbocycles. The molecule has 0 bridgehead atoms. The van der Waals surface area contributed by atoms with Gasteiger partial charge in [0.05, 0.1) is 7.11 Å². The molecule has 2 rings (SSSR count). The number of aryl methyl sites for hydroxylation is 2. The molecule has 0 aliphatic heterocycles. The predicted molar refractivity (Wildman–Crippen MR) is 73.3 cm³/mol. The fraction of sp³-hybridized carbons (Fsp3) is 0.188. The lowest BCUT2D eigenvalue weighted by Crippen LogP contribution is -1.91. The van der Waals surface area contributed by atoms with E-state index in [2.05, 4.69) is 32.0 Å². The molecule has 2 heteroatoms. The van der Waals surface area contributed by atoms with Crippen molar-refractivity contribution in [2.45, 2.75) is 13.8 Å². The molecule has 18 heavy (non-hydrogen) atoms. The van der Waals surface area contributed by atoms with Gasteiger partial charge >= 0.3 is 0 Å². The Labute approximate surface area is 107 Å². The van der Waals surface area contributed by atoms with Crippen LogP contribution in [0.1, 0.15) is 21.5 Å². The van der Waals surface area contributed by atoms with Crippen LogP contribution in [0.4, 0.5) is 0 Å². The van der Waals surface area contributed by atoms with E-state index in [-0.39, 0.29) is 0 Å². The van der Waals surface area contributed by atoms with Crippen molar-refractivity contribution in [1.82, 2.24) is 0 Å². The molecule has 92 valence electrons. The summed E-state index contributed by atoms with van der Waals surface area (Å²) in [5.74, 6) is 0.781. The third-order valence-electron chi connectivity index (χ3n) is 3.18. The molecule has 0 fully saturated rings. The zero-order valence-corrected chi connectivity index (χ0v) is 10.9. The molecule has 0 N–H and O–H groups in total. The topological polar surface area (TPSA) is 26.3 Å². The van der Waals surface area contributed by atoms with Gasteiger partial charge in [-0.25, -0.2) is 0 Å². The Morgan fingerprint density at radius 3 is 2.39 bits per heavy atom. The maximum atomic E-state index is 10.9. The van der Waals surface area contributed by atoms with Gasteiger partial charge in [0.15, 0.2) is 0 Å². The van der Waals surface area contributed by atoms with Gasteiger partial charge in [-0.3, -0.25) is 4.79 Å². The van der Waals surface area contributed by atoms with E-state index >= 15 is 0 Å². The highest BCUT2D eigenvalue weighted by atomic mass is 16.5. The van der Waals surface area contributed by atoms with Crippen molar-refractivity contribution in [3.8, 4) is 16.9 Å². The quantitative estimate of drug-likeness (QED) is 0.763. The summed E-state index contributed by atoms with van der Waals surface area (Å²) in [4.78, 5) is 10.9. The molecule has 0 saturated heterocycles. The van der Waals surface area contributed by atoms with Crippen molar-refractivity contribution in [1.29, 1.82) is 0 Å². The number of rotatable bonds is 3. The third-order valence-corrected chi connectivity index (χ3v) is 3.18. The second-order valence-corrected chi connectivity index (χ2v) is 4.38. The molecule has 2 nitrogen and oxygen atoms in total. The van der Waals surface area contributed by atoms with Crippen molar-refractivity contribution in [2.24, 2.45) is 0 Å². The van der Waals surface area contributed by atoms with E-state index in [0.29, 0.717) is 5.56 Å². The summed E-state index contributed by atoms with van der Waals surface area (Å²) < 4.78 is 5.35. The Bertz CT molecular complexity index is 586. The lowest BCUT2D eigenvalue weighted by atomic mass is 9.98. The first-order valence-corrected chi connectivity index (χ1v) is 5.86. The summed E-state index contributed by atoms with van der Waals surface area (Å²) in [6.07, 6.45) is 0.851. The average molecular weight is 240 g/mol. The highest BCUT2D eigenvalue weighted by Crippen LogP contribution is 2.31. The van der Waals surface area contributed by atoms with Crippen LogP contribution in [0.3, 0.4) is 0 Å². The zero-order valence-electron chi connectivity index (χ0n) is 10.9. The standard InChI is InChI=1S/C16H16O2/c1-11-4-6-14(8-12(11)2)15-9-13(10-17)5-7-16(15)18-3/h4-10H,1-3H3. The summed E-state index contributed by atoms with van der Waals surface area (Å²) in [6, 6.07) is 11.7. The van der Waals surface area contributed by atoms with Crippen LogP contribution in [0.15, 0.2) is 36.4 Å². The molecule has 0 radical (unpaired) electrons. The van der Waals surface area contributed by atoms with E-state index < -0.39 is 0 Å². The number of benzene rings is 2. The lowest BCUT2D eigenvalue weighted by molar-refractivity contribution is 0.112. The number of carbonyl (C=O) groups is 1. The van der Waals surface area contributed by atoms with Crippen molar-refractivity contribution in [3.05, 3.63) is 53.1 Å². The van der Waals surface area contributed by atoms with E-state index in [1.54, 1.807) is 13.2 Å². The molecule has 0 atom stereocenters. The van der Waals surface area contributed by atoms with Gasteiger partial charge < -0.3 is 4.74 Å². The Kier molecular flexibility index (Phi) is 3.47. The van der Waals surface area contributed by atoms with Crippen LogP contribution >= 0.6 is 0 Å². The maximum Gasteiger partial charge on any atom is 0.150 e. The lowest BCUT2D eigenvalue weighted by Gasteiger charge is -2.11. The van der Waals surface area contributed by atoms with E-state index in [4.69, 9.17) is 4.74 Å². The van der Waals surface area contributed by atoms with Gasteiger partial charge in [0.1, 0.15) is 12.0 Å². The Morgan fingerprint density at radius 2 is 1.78 bits per heavy atom. The SMILES string of the molecule is COc1ccc(C=O)cc1-c1ccc(C)c(C)c1. The molecule has 0 saturated carbocycles. The molecule has 0 unspecified atom stereocenters. The fourth-order valence-corrected chi connectivity index (χ4v) is 1.93. The number of aldehydes is 1. The first-order chi connectivity index (χ1) is 8.65. The second-order valence-electron chi connectivity index (χ2n) is 4.38. The van der Waals surface area contributed by atoms with Gasteiger partial charge in [-0.1, -0.05) is 18.2 Å². The molecule has 0 heterocycles. The summed E-state index contributed by atoms with van der Waals surface area (Å²) in [6.45, 7) is 4.16. The van der Waals surface area contributed by atoms with Crippen molar-refractivity contribution < 1.29 is 9.53 Å². The maximum absolute atomic E-state index is 10.9.